The first-order chi connectivity index (χ1) is 13.6. The molecular formula is C23H31NO5. The molecule has 1 atom stereocenters. The van der Waals surface area contributed by atoms with Crippen molar-refractivity contribution in [3.63, 3.8) is 0 Å². The number of ether oxygens (including phenoxy) is 1. The van der Waals surface area contributed by atoms with Gasteiger partial charge in [0.25, 0.3) is 0 Å². The number of carbonyl (C=O) groups excluding carboxylic acids is 1. The molecule has 0 fully saturated rings. The molecule has 0 saturated carbocycles. The molecular weight excluding hydrogens is 370 g/mol. The van der Waals surface area contributed by atoms with Gasteiger partial charge in [0, 0.05) is 11.5 Å². The van der Waals surface area contributed by atoms with Crippen LogP contribution in [0.2, 0.25) is 0 Å². The molecule has 29 heavy (non-hydrogen) atoms. The minimum atomic E-state index is -0.510. The number of hydrogen-bond donors (Lipinski definition) is 2. The molecule has 1 aliphatic rings. The maximum Gasteiger partial charge on any atom is 0.340 e. The number of hydrogen-bond acceptors (Lipinski definition) is 5. The van der Waals surface area contributed by atoms with Gasteiger partial charge in [-0.3, -0.25) is 4.79 Å². The summed E-state index contributed by atoms with van der Waals surface area (Å²) in [5.74, 6) is 0.807. The Hall–Kier alpha value is -2.34. The van der Waals surface area contributed by atoms with E-state index in [1.165, 1.54) is 0 Å². The summed E-state index contributed by atoms with van der Waals surface area (Å²) < 4.78 is 11.6. The number of aliphatic hydroxyl groups is 1. The van der Waals surface area contributed by atoms with Crippen molar-refractivity contribution in [2.45, 2.75) is 71.9 Å². The fourth-order valence-electron chi connectivity index (χ4n) is 3.93. The Morgan fingerprint density at radius 2 is 2.03 bits per heavy atom. The molecule has 2 aromatic rings. The third-order valence-corrected chi connectivity index (χ3v) is 5.53. The summed E-state index contributed by atoms with van der Waals surface area (Å²) >= 11 is 0. The molecule has 0 aliphatic carbocycles. The van der Waals surface area contributed by atoms with Gasteiger partial charge in [0.1, 0.15) is 16.9 Å². The van der Waals surface area contributed by atoms with E-state index in [0.29, 0.717) is 23.5 Å². The van der Waals surface area contributed by atoms with Gasteiger partial charge in [0.2, 0.25) is 5.91 Å². The molecule has 2 N–H and O–H groups in total. The maximum absolute atomic E-state index is 12.6. The first-order valence-corrected chi connectivity index (χ1v) is 10.3. The van der Waals surface area contributed by atoms with E-state index in [-0.39, 0.29) is 30.6 Å². The summed E-state index contributed by atoms with van der Waals surface area (Å²) in [6.45, 7) is 9.87. The zero-order chi connectivity index (χ0) is 21.3. The normalized spacial score (nSPS) is 16.4. The van der Waals surface area contributed by atoms with E-state index in [2.05, 4.69) is 5.32 Å². The number of amides is 1. The van der Waals surface area contributed by atoms with Crippen molar-refractivity contribution < 1.29 is 19.1 Å². The van der Waals surface area contributed by atoms with E-state index < -0.39 is 5.63 Å². The number of benzene rings is 1. The standard InChI is InChI=1S/C23H31NO5/c1-13(2)8-16(12-25)24-21(26)10-18-14(3)17-9-15-6-7-23(4,5)29-19(15)11-20(17)28-22(18)27/h9,11,13,16,25H,6-8,10,12H2,1-5H3,(H,24,26)/t16-/m0/s1. The predicted molar refractivity (Wildman–Crippen MR) is 112 cm³/mol. The number of aryl methyl sites for hydroxylation is 2. The second-order valence-corrected chi connectivity index (χ2v) is 9.06. The first kappa shape index (κ1) is 21.4. The van der Waals surface area contributed by atoms with Crippen molar-refractivity contribution in [2.75, 3.05) is 6.61 Å². The Bertz CT molecular complexity index is 973. The second-order valence-electron chi connectivity index (χ2n) is 9.06. The van der Waals surface area contributed by atoms with E-state index in [1.807, 2.05) is 40.7 Å². The van der Waals surface area contributed by atoms with Crippen LogP contribution in [0.3, 0.4) is 0 Å². The Morgan fingerprint density at radius 1 is 1.31 bits per heavy atom. The molecule has 2 heterocycles. The summed E-state index contributed by atoms with van der Waals surface area (Å²) in [6, 6.07) is 3.48. The van der Waals surface area contributed by atoms with Gasteiger partial charge in [-0.15, -0.1) is 0 Å². The predicted octanol–water partition coefficient (Wildman–Crippen LogP) is 3.27. The monoisotopic (exact) mass is 401 g/mol. The van der Waals surface area contributed by atoms with Crippen LogP contribution in [0.4, 0.5) is 0 Å². The Labute approximate surface area is 171 Å². The SMILES string of the molecule is Cc1c(CC(=O)N[C@H](CO)CC(C)C)c(=O)oc2cc3c(cc12)CCC(C)(C)O3. The summed E-state index contributed by atoms with van der Waals surface area (Å²) in [5, 5.41) is 13.1. The smallest absolute Gasteiger partial charge is 0.340 e. The zero-order valence-corrected chi connectivity index (χ0v) is 17.9. The molecule has 1 aliphatic heterocycles. The van der Waals surface area contributed by atoms with Gasteiger partial charge in [-0.05, 0) is 63.1 Å². The highest BCUT2D eigenvalue weighted by Gasteiger charge is 2.28. The Morgan fingerprint density at radius 3 is 2.69 bits per heavy atom. The maximum atomic E-state index is 12.6. The summed E-state index contributed by atoms with van der Waals surface area (Å²) in [4.78, 5) is 25.1. The van der Waals surface area contributed by atoms with Gasteiger partial charge in [0.05, 0.1) is 24.6 Å². The van der Waals surface area contributed by atoms with Crippen LogP contribution >= 0.6 is 0 Å². The van der Waals surface area contributed by atoms with Crippen molar-refractivity contribution in [1.82, 2.24) is 5.32 Å². The number of aliphatic hydroxyl groups excluding tert-OH is 1. The lowest BCUT2D eigenvalue weighted by Gasteiger charge is -2.32. The van der Waals surface area contributed by atoms with Crippen molar-refractivity contribution in [3.8, 4) is 5.75 Å². The zero-order valence-electron chi connectivity index (χ0n) is 17.9. The molecule has 0 unspecified atom stereocenters. The lowest BCUT2D eigenvalue weighted by Crippen LogP contribution is -2.40. The summed E-state index contributed by atoms with van der Waals surface area (Å²) in [6.07, 6.45) is 2.41. The quantitative estimate of drug-likeness (QED) is 0.725. The van der Waals surface area contributed by atoms with Crippen LogP contribution < -0.4 is 15.7 Å². The fraction of sp³-hybridized carbons (Fsp3) is 0.565. The van der Waals surface area contributed by atoms with Crippen LogP contribution in [-0.2, 0) is 17.6 Å². The van der Waals surface area contributed by atoms with Crippen LogP contribution in [0.15, 0.2) is 21.3 Å². The number of rotatable bonds is 6. The summed E-state index contributed by atoms with van der Waals surface area (Å²) in [7, 11) is 0. The van der Waals surface area contributed by atoms with Crippen molar-refractivity contribution >= 4 is 16.9 Å². The first-order valence-electron chi connectivity index (χ1n) is 10.3. The average molecular weight is 402 g/mol. The third-order valence-electron chi connectivity index (χ3n) is 5.53. The van der Waals surface area contributed by atoms with Gasteiger partial charge < -0.3 is 19.6 Å². The Balaban J connectivity index is 1.90. The number of nitrogens with one attached hydrogen (secondary N) is 1. The van der Waals surface area contributed by atoms with E-state index in [9.17, 15) is 14.7 Å². The summed E-state index contributed by atoms with van der Waals surface area (Å²) in [5.41, 5.74) is 1.91. The van der Waals surface area contributed by atoms with E-state index in [4.69, 9.17) is 9.15 Å². The highest BCUT2D eigenvalue weighted by atomic mass is 16.5. The molecule has 0 radical (unpaired) electrons. The molecule has 0 saturated heterocycles. The third kappa shape index (κ3) is 4.81. The molecule has 1 amide bonds. The molecule has 0 spiro atoms. The van der Waals surface area contributed by atoms with Gasteiger partial charge >= 0.3 is 5.63 Å². The largest absolute Gasteiger partial charge is 0.487 e. The highest BCUT2D eigenvalue weighted by Crippen LogP contribution is 2.36. The van der Waals surface area contributed by atoms with Crippen LogP contribution in [-0.4, -0.2) is 29.3 Å². The van der Waals surface area contributed by atoms with Gasteiger partial charge in [-0.25, -0.2) is 4.79 Å². The topological polar surface area (TPSA) is 88.8 Å². The number of fused-ring (bicyclic) bond motifs is 2. The average Bonchev–Trinajstić information content (AvgIpc) is 2.62. The lowest BCUT2D eigenvalue weighted by molar-refractivity contribution is -0.121. The second kappa shape index (κ2) is 8.19. The minimum absolute atomic E-state index is 0.0701. The van der Waals surface area contributed by atoms with Crippen molar-refractivity contribution in [1.29, 1.82) is 0 Å². The molecule has 1 aromatic heterocycles. The molecule has 6 heteroatoms. The Kier molecular flexibility index (Phi) is 6.03. The van der Waals surface area contributed by atoms with Crippen LogP contribution in [0, 0.1) is 12.8 Å². The lowest BCUT2D eigenvalue weighted by atomic mass is 9.92. The van der Waals surface area contributed by atoms with E-state index >= 15 is 0 Å². The fourth-order valence-corrected chi connectivity index (χ4v) is 3.93. The number of carbonyl (C=O) groups is 1. The molecule has 158 valence electrons. The van der Waals surface area contributed by atoms with Gasteiger partial charge in [-0.2, -0.15) is 0 Å². The molecule has 6 nitrogen and oxygen atoms in total. The molecule has 0 bridgehead atoms. The highest BCUT2D eigenvalue weighted by molar-refractivity contribution is 5.86. The van der Waals surface area contributed by atoms with Crippen LogP contribution in [0.5, 0.6) is 5.75 Å². The minimum Gasteiger partial charge on any atom is -0.487 e. The van der Waals surface area contributed by atoms with Crippen molar-refractivity contribution in [3.05, 3.63) is 39.2 Å². The van der Waals surface area contributed by atoms with Crippen LogP contribution in [0.25, 0.3) is 11.0 Å². The van der Waals surface area contributed by atoms with Gasteiger partial charge in [0.15, 0.2) is 0 Å². The van der Waals surface area contributed by atoms with Crippen LogP contribution in [0.1, 0.15) is 57.2 Å². The van der Waals surface area contributed by atoms with Gasteiger partial charge in [-0.1, -0.05) is 13.8 Å². The van der Waals surface area contributed by atoms with E-state index in [0.717, 1.165) is 35.1 Å². The molecule has 1 aromatic carbocycles. The molecule has 3 rings (SSSR count). The van der Waals surface area contributed by atoms with E-state index in [1.54, 1.807) is 6.07 Å². The van der Waals surface area contributed by atoms with Crippen molar-refractivity contribution in [2.24, 2.45) is 5.92 Å².